The highest BCUT2D eigenvalue weighted by Gasteiger charge is 2.21. The standard InChI is InChI=1S/C23H25FN2O2/c24-22-7-3-4-8-23(22)26-13-11-25(12-14-26)16-20(27)17-28-21-10-9-18-5-1-2-6-19(18)15-21/h1-10,15,20,27H,11-14,16-17H2/t20-/m1/s1. The molecule has 1 N–H and O–H groups in total. The van der Waals surface area contributed by atoms with Crippen LogP contribution in [-0.4, -0.2) is 55.4 Å². The van der Waals surface area contributed by atoms with E-state index in [2.05, 4.69) is 15.9 Å². The smallest absolute Gasteiger partial charge is 0.146 e. The van der Waals surface area contributed by atoms with Crippen LogP contribution in [0.25, 0.3) is 10.8 Å². The number of halogens is 1. The van der Waals surface area contributed by atoms with E-state index in [1.165, 1.54) is 11.5 Å². The van der Waals surface area contributed by atoms with Crippen LogP contribution in [0.2, 0.25) is 0 Å². The Balaban J connectivity index is 1.25. The van der Waals surface area contributed by atoms with Crippen LogP contribution >= 0.6 is 0 Å². The van der Waals surface area contributed by atoms with Gasteiger partial charge in [-0.05, 0) is 35.0 Å². The van der Waals surface area contributed by atoms with Crippen LogP contribution in [0.4, 0.5) is 10.1 Å². The van der Waals surface area contributed by atoms with E-state index >= 15 is 0 Å². The fraction of sp³-hybridized carbons (Fsp3) is 0.304. The Morgan fingerprint density at radius 3 is 2.39 bits per heavy atom. The Hall–Kier alpha value is -2.63. The van der Waals surface area contributed by atoms with Crippen molar-refractivity contribution in [2.45, 2.75) is 6.10 Å². The molecular weight excluding hydrogens is 355 g/mol. The first-order valence-corrected chi connectivity index (χ1v) is 9.70. The van der Waals surface area contributed by atoms with Crippen molar-refractivity contribution in [2.24, 2.45) is 0 Å². The van der Waals surface area contributed by atoms with Gasteiger partial charge in [-0.25, -0.2) is 4.39 Å². The predicted octanol–water partition coefficient (Wildman–Crippen LogP) is 3.54. The number of aliphatic hydroxyl groups excluding tert-OH is 1. The number of benzene rings is 3. The van der Waals surface area contributed by atoms with Gasteiger partial charge < -0.3 is 14.7 Å². The lowest BCUT2D eigenvalue weighted by Gasteiger charge is -2.36. The molecule has 5 heteroatoms. The number of para-hydroxylation sites is 1. The molecule has 0 aromatic heterocycles. The van der Waals surface area contributed by atoms with Crippen LogP contribution in [-0.2, 0) is 0 Å². The van der Waals surface area contributed by atoms with Gasteiger partial charge in [0.15, 0.2) is 0 Å². The second-order valence-corrected chi connectivity index (χ2v) is 7.21. The Bertz CT molecular complexity index is 925. The maximum absolute atomic E-state index is 13.9. The fourth-order valence-corrected chi connectivity index (χ4v) is 3.68. The van der Waals surface area contributed by atoms with Gasteiger partial charge in [0.2, 0.25) is 0 Å². The Kier molecular flexibility index (Phi) is 5.74. The zero-order valence-corrected chi connectivity index (χ0v) is 15.8. The number of nitrogens with zero attached hydrogens (tertiary/aromatic N) is 2. The highest BCUT2D eigenvalue weighted by molar-refractivity contribution is 5.83. The maximum atomic E-state index is 13.9. The van der Waals surface area contributed by atoms with E-state index in [1.54, 1.807) is 6.07 Å². The SMILES string of the molecule is O[C@@H](COc1ccc2ccccc2c1)CN1CCN(c2ccccc2F)CC1. The number of rotatable bonds is 6. The Labute approximate surface area is 164 Å². The van der Waals surface area contributed by atoms with Gasteiger partial charge in [-0.2, -0.15) is 0 Å². The minimum absolute atomic E-state index is 0.181. The molecule has 4 nitrogen and oxygen atoms in total. The first kappa shape index (κ1) is 18.7. The minimum Gasteiger partial charge on any atom is -0.491 e. The van der Waals surface area contributed by atoms with E-state index in [1.807, 2.05) is 48.5 Å². The summed E-state index contributed by atoms with van der Waals surface area (Å²) in [7, 11) is 0. The van der Waals surface area contributed by atoms with Gasteiger partial charge in [-0.1, -0.05) is 42.5 Å². The van der Waals surface area contributed by atoms with Gasteiger partial charge >= 0.3 is 0 Å². The van der Waals surface area contributed by atoms with Crippen molar-refractivity contribution >= 4 is 16.5 Å². The first-order valence-electron chi connectivity index (χ1n) is 9.70. The number of anilines is 1. The summed E-state index contributed by atoms with van der Waals surface area (Å²) in [6.07, 6.45) is -0.563. The van der Waals surface area contributed by atoms with E-state index in [4.69, 9.17) is 4.74 Å². The van der Waals surface area contributed by atoms with Crippen molar-refractivity contribution in [3.8, 4) is 5.75 Å². The van der Waals surface area contributed by atoms with Crippen molar-refractivity contribution < 1.29 is 14.2 Å². The van der Waals surface area contributed by atoms with Crippen LogP contribution in [0.1, 0.15) is 0 Å². The second-order valence-electron chi connectivity index (χ2n) is 7.21. The van der Waals surface area contributed by atoms with Crippen LogP contribution in [0.15, 0.2) is 66.7 Å². The van der Waals surface area contributed by atoms with Gasteiger partial charge in [0.1, 0.15) is 24.3 Å². The number of piperazine rings is 1. The summed E-state index contributed by atoms with van der Waals surface area (Å²) in [5, 5.41) is 12.7. The van der Waals surface area contributed by atoms with Crippen molar-refractivity contribution in [3.05, 3.63) is 72.5 Å². The molecule has 0 bridgehead atoms. The topological polar surface area (TPSA) is 35.9 Å². The summed E-state index contributed by atoms with van der Waals surface area (Å²) in [6.45, 7) is 3.89. The molecule has 1 fully saturated rings. The maximum Gasteiger partial charge on any atom is 0.146 e. The molecule has 0 saturated carbocycles. The van der Waals surface area contributed by atoms with Crippen molar-refractivity contribution in [2.75, 3.05) is 44.2 Å². The Morgan fingerprint density at radius 2 is 1.61 bits per heavy atom. The van der Waals surface area contributed by atoms with Crippen LogP contribution in [0.5, 0.6) is 5.75 Å². The summed E-state index contributed by atoms with van der Waals surface area (Å²) in [4.78, 5) is 4.26. The zero-order valence-electron chi connectivity index (χ0n) is 15.8. The van der Waals surface area contributed by atoms with E-state index in [-0.39, 0.29) is 12.4 Å². The molecule has 3 aromatic carbocycles. The van der Waals surface area contributed by atoms with Crippen molar-refractivity contribution in [3.63, 3.8) is 0 Å². The molecule has 4 rings (SSSR count). The van der Waals surface area contributed by atoms with Gasteiger partial charge in [-0.3, -0.25) is 4.90 Å². The molecule has 1 aliphatic rings. The monoisotopic (exact) mass is 380 g/mol. The molecule has 1 heterocycles. The van der Waals surface area contributed by atoms with Crippen molar-refractivity contribution in [1.29, 1.82) is 0 Å². The number of β-amino-alcohol motifs (C(OH)–C–C–N with tert-alkyl or cyclic N) is 1. The van der Waals surface area contributed by atoms with Gasteiger partial charge in [0.25, 0.3) is 0 Å². The third kappa shape index (κ3) is 4.43. The summed E-state index contributed by atoms with van der Waals surface area (Å²) in [5.74, 6) is 0.585. The number of hydrogen-bond acceptors (Lipinski definition) is 4. The molecule has 1 aliphatic heterocycles. The number of fused-ring (bicyclic) bond motifs is 1. The largest absolute Gasteiger partial charge is 0.491 e. The molecule has 0 aliphatic carbocycles. The number of ether oxygens (including phenoxy) is 1. The predicted molar refractivity (Wildman–Crippen MR) is 111 cm³/mol. The average Bonchev–Trinajstić information content (AvgIpc) is 2.73. The molecule has 1 saturated heterocycles. The van der Waals surface area contributed by atoms with Crippen LogP contribution in [0, 0.1) is 5.82 Å². The summed E-state index contributed by atoms with van der Waals surface area (Å²) < 4.78 is 19.7. The minimum atomic E-state index is -0.563. The third-order valence-corrected chi connectivity index (χ3v) is 5.20. The second kappa shape index (κ2) is 8.59. The lowest BCUT2D eigenvalue weighted by Crippen LogP contribution is -2.49. The summed E-state index contributed by atoms with van der Waals surface area (Å²) in [6, 6.07) is 21.0. The van der Waals surface area contributed by atoms with E-state index in [9.17, 15) is 9.50 Å². The average molecular weight is 380 g/mol. The summed E-state index contributed by atoms with van der Waals surface area (Å²) in [5.41, 5.74) is 0.655. The number of aliphatic hydroxyl groups is 1. The molecule has 0 amide bonds. The van der Waals surface area contributed by atoms with E-state index < -0.39 is 6.10 Å². The summed E-state index contributed by atoms with van der Waals surface area (Å²) >= 11 is 0. The normalized spacial score (nSPS) is 16.3. The van der Waals surface area contributed by atoms with Crippen LogP contribution < -0.4 is 9.64 Å². The molecule has 28 heavy (non-hydrogen) atoms. The first-order chi connectivity index (χ1) is 13.7. The van der Waals surface area contributed by atoms with Gasteiger partial charge in [-0.15, -0.1) is 0 Å². The van der Waals surface area contributed by atoms with Gasteiger partial charge in [0, 0.05) is 32.7 Å². The van der Waals surface area contributed by atoms with Crippen molar-refractivity contribution in [1.82, 2.24) is 4.90 Å². The highest BCUT2D eigenvalue weighted by Crippen LogP contribution is 2.22. The van der Waals surface area contributed by atoms with E-state index in [0.29, 0.717) is 12.2 Å². The molecule has 0 spiro atoms. The molecule has 0 radical (unpaired) electrons. The van der Waals surface area contributed by atoms with Crippen LogP contribution in [0.3, 0.4) is 0 Å². The fourth-order valence-electron chi connectivity index (χ4n) is 3.68. The van der Waals surface area contributed by atoms with Gasteiger partial charge in [0.05, 0.1) is 5.69 Å². The Morgan fingerprint density at radius 1 is 0.893 bits per heavy atom. The molecular formula is C23H25FN2O2. The molecule has 146 valence electrons. The molecule has 1 atom stereocenters. The third-order valence-electron chi connectivity index (χ3n) is 5.20. The lowest BCUT2D eigenvalue weighted by atomic mass is 10.1. The molecule has 3 aromatic rings. The zero-order chi connectivity index (χ0) is 19.3. The highest BCUT2D eigenvalue weighted by atomic mass is 19.1. The number of hydrogen-bond donors (Lipinski definition) is 1. The quantitative estimate of drug-likeness (QED) is 0.710. The lowest BCUT2D eigenvalue weighted by molar-refractivity contribution is 0.0663. The molecule has 0 unspecified atom stereocenters. The van der Waals surface area contributed by atoms with E-state index in [0.717, 1.165) is 37.3 Å².